The summed E-state index contributed by atoms with van der Waals surface area (Å²) >= 11 is 0. The highest BCUT2D eigenvalue weighted by Gasteiger charge is 2.45. The second kappa shape index (κ2) is 10.8. The zero-order valence-corrected chi connectivity index (χ0v) is 26.0. The van der Waals surface area contributed by atoms with Crippen LogP contribution in [0.2, 0.25) is 0 Å². The van der Waals surface area contributed by atoms with Gasteiger partial charge in [-0.2, -0.15) is 0 Å². The van der Waals surface area contributed by atoms with Crippen molar-refractivity contribution in [2.24, 2.45) is 0 Å². The Morgan fingerprint density at radius 2 is 1.02 bits per heavy atom. The smallest absolute Gasteiger partial charge is 0.0443 e. The van der Waals surface area contributed by atoms with Gasteiger partial charge in [0, 0.05) is 41.3 Å². The molecule has 2 heterocycles. The van der Waals surface area contributed by atoms with Gasteiger partial charge in [0.15, 0.2) is 0 Å². The molecule has 0 bridgehead atoms. The molecule has 2 aliphatic carbocycles. The molecule has 0 N–H and O–H groups in total. The molecule has 0 aromatic heterocycles. The van der Waals surface area contributed by atoms with Crippen molar-refractivity contribution in [3.05, 3.63) is 143 Å². The van der Waals surface area contributed by atoms with Crippen molar-refractivity contribution in [3.63, 3.8) is 0 Å². The highest BCUT2D eigenvalue weighted by atomic mass is 15.1. The summed E-state index contributed by atoms with van der Waals surface area (Å²) in [6.45, 7) is 2.18. The van der Waals surface area contributed by atoms with Crippen molar-refractivity contribution in [1.82, 2.24) is 0 Å². The van der Waals surface area contributed by atoms with Crippen molar-refractivity contribution >= 4 is 34.9 Å². The number of hydrogen-bond acceptors (Lipinski definition) is 2. The van der Waals surface area contributed by atoms with Gasteiger partial charge in [0.05, 0.1) is 0 Å². The number of rotatable bonds is 4. The molecule has 2 heteroatoms. The molecule has 0 saturated heterocycles. The Balaban J connectivity index is 1.01. The van der Waals surface area contributed by atoms with Crippen LogP contribution in [0.1, 0.15) is 71.9 Å². The maximum atomic E-state index is 2.56. The Labute approximate surface area is 267 Å². The molecule has 0 atom stereocenters. The van der Waals surface area contributed by atoms with E-state index in [0.717, 1.165) is 13.1 Å². The summed E-state index contributed by atoms with van der Waals surface area (Å²) in [5, 5.41) is 0. The first-order valence-corrected chi connectivity index (χ1v) is 17.1. The van der Waals surface area contributed by atoms with Crippen LogP contribution in [-0.4, -0.2) is 13.1 Å². The van der Waals surface area contributed by atoms with Gasteiger partial charge in [-0.25, -0.2) is 0 Å². The van der Waals surface area contributed by atoms with Gasteiger partial charge in [-0.05, 0) is 119 Å². The van der Waals surface area contributed by atoms with Crippen LogP contribution in [0, 0.1) is 0 Å². The summed E-state index contributed by atoms with van der Waals surface area (Å²) in [5.41, 5.74) is 17.0. The maximum absolute atomic E-state index is 2.56. The third-order valence-electron chi connectivity index (χ3n) is 11.0. The molecule has 9 rings (SSSR count). The van der Waals surface area contributed by atoms with E-state index in [2.05, 4.69) is 131 Å². The van der Waals surface area contributed by atoms with Gasteiger partial charge in [-0.1, -0.05) is 97.8 Å². The fraction of sp³-hybridized carbons (Fsp3) is 0.256. The molecular formula is C43H40N2. The maximum Gasteiger partial charge on any atom is 0.0443 e. The van der Waals surface area contributed by atoms with E-state index in [4.69, 9.17) is 0 Å². The van der Waals surface area contributed by atoms with E-state index >= 15 is 0 Å². The summed E-state index contributed by atoms with van der Waals surface area (Å²) in [6.07, 6.45) is 14.5. The van der Waals surface area contributed by atoms with Crippen LogP contribution in [-0.2, 0) is 18.3 Å². The van der Waals surface area contributed by atoms with E-state index in [1.54, 1.807) is 11.1 Å². The largest absolute Gasteiger partial charge is 0.341 e. The fourth-order valence-electron chi connectivity index (χ4n) is 8.85. The zero-order valence-electron chi connectivity index (χ0n) is 26.0. The first kappa shape index (κ1) is 26.8. The number of fused-ring (bicyclic) bond motifs is 7. The van der Waals surface area contributed by atoms with E-state index in [1.165, 1.54) is 107 Å². The first-order valence-electron chi connectivity index (χ1n) is 17.1. The third kappa shape index (κ3) is 4.45. The fourth-order valence-corrected chi connectivity index (χ4v) is 8.85. The molecule has 0 unspecified atom stereocenters. The molecule has 5 aromatic rings. The van der Waals surface area contributed by atoms with Gasteiger partial charge in [-0.15, -0.1) is 0 Å². The molecule has 222 valence electrons. The van der Waals surface area contributed by atoms with Crippen LogP contribution in [0.15, 0.2) is 109 Å². The lowest BCUT2D eigenvalue weighted by Crippen LogP contribution is -2.25. The summed E-state index contributed by atoms with van der Waals surface area (Å²) in [7, 11) is 0. The Bertz CT molecular complexity index is 1920. The normalized spacial score (nSPS) is 17.8. The number of nitrogens with zero attached hydrogens (tertiary/aromatic N) is 2. The van der Waals surface area contributed by atoms with Crippen molar-refractivity contribution in [1.29, 1.82) is 0 Å². The highest BCUT2D eigenvalue weighted by Crippen LogP contribution is 2.58. The molecule has 2 nitrogen and oxygen atoms in total. The molecule has 1 spiro atoms. The lowest BCUT2D eigenvalue weighted by molar-refractivity contribution is 0.549. The quantitative estimate of drug-likeness (QED) is 0.194. The predicted octanol–water partition coefficient (Wildman–Crippen LogP) is 10.9. The second-order valence-corrected chi connectivity index (χ2v) is 13.5. The van der Waals surface area contributed by atoms with Crippen molar-refractivity contribution in [2.45, 2.75) is 56.8 Å². The van der Waals surface area contributed by atoms with Crippen LogP contribution < -0.4 is 9.80 Å². The molecule has 0 radical (unpaired) electrons. The minimum atomic E-state index is 0.145. The first-order chi connectivity index (χ1) is 22.3. The van der Waals surface area contributed by atoms with Crippen LogP contribution >= 0.6 is 0 Å². The van der Waals surface area contributed by atoms with Crippen LogP contribution in [0.5, 0.6) is 0 Å². The van der Waals surface area contributed by atoms with Gasteiger partial charge < -0.3 is 9.80 Å². The Morgan fingerprint density at radius 1 is 0.489 bits per heavy atom. The van der Waals surface area contributed by atoms with E-state index in [-0.39, 0.29) is 5.41 Å². The number of benzene rings is 5. The topological polar surface area (TPSA) is 6.48 Å². The number of anilines is 4. The molecule has 1 fully saturated rings. The number of aryl methyl sites for hydroxylation is 2. The average molecular weight is 585 g/mol. The van der Waals surface area contributed by atoms with Crippen molar-refractivity contribution in [3.8, 4) is 11.1 Å². The van der Waals surface area contributed by atoms with E-state index in [1.807, 2.05) is 0 Å². The van der Waals surface area contributed by atoms with Gasteiger partial charge in [0.25, 0.3) is 0 Å². The summed E-state index contributed by atoms with van der Waals surface area (Å²) < 4.78 is 0. The van der Waals surface area contributed by atoms with Gasteiger partial charge in [0.1, 0.15) is 0 Å². The standard InChI is InChI=1S/C43H40N2/c1-3-13-41-33(9-1)11-7-27-44(41)35-20-17-31(18-21-35)15-16-32-19-23-37-38-24-22-36(45-28-8-12-34-10-2-4-14-42(34)45)30-40(38)43(39(37)29-32)25-5-6-26-43/h1-4,9-10,13-24,29-30H,5-8,11-12,25-28H2/b16-15+. The minimum absolute atomic E-state index is 0.145. The lowest BCUT2D eigenvalue weighted by Gasteiger charge is -2.33. The van der Waals surface area contributed by atoms with Gasteiger partial charge in [0.2, 0.25) is 0 Å². The van der Waals surface area contributed by atoms with E-state index in [9.17, 15) is 0 Å². The van der Waals surface area contributed by atoms with Gasteiger partial charge >= 0.3 is 0 Å². The van der Waals surface area contributed by atoms with Gasteiger partial charge in [-0.3, -0.25) is 0 Å². The number of para-hydroxylation sites is 2. The molecule has 2 aliphatic heterocycles. The van der Waals surface area contributed by atoms with E-state index in [0.29, 0.717) is 0 Å². The monoisotopic (exact) mass is 584 g/mol. The molecule has 5 aromatic carbocycles. The van der Waals surface area contributed by atoms with Crippen LogP contribution in [0.3, 0.4) is 0 Å². The van der Waals surface area contributed by atoms with Crippen molar-refractivity contribution in [2.75, 3.05) is 22.9 Å². The molecule has 0 amide bonds. The summed E-state index contributed by atoms with van der Waals surface area (Å²) in [4.78, 5) is 5.04. The minimum Gasteiger partial charge on any atom is -0.341 e. The Kier molecular flexibility index (Phi) is 6.44. The Morgan fingerprint density at radius 3 is 1.71 bits per heavy atom. The SMILES string of the molecule is C(=C\c1ccc2c(c1)C1(CCCC1)c1cc(N3CCCc4ccccc43)ccc1-2)/c1ccc(N2CCCc3ccccc32)cc1. The molecule has 4 aliphatic rings. The molecule has 1 saturated carbocycles. The van der Waals surface area contributed by atoms with Crippen LogP contribution in [0.4, 0.5) is 22.7 Å². The predicted molar refractivity (Wildman–Crippen MR) is 190 cm³/mol. The summed E-state index contributed by atoms with van der Waals surface area (Å²) in [5.74, 6) is 0. The number of hydrogen-bond donors (Lipinski definition) is 0. The highest BCUT2D eigenvalue weighted by molar-refractivity contribution is 5.86. The van der Waals surface area contributed by atoms with Crippen LogP contribution in [0.25, 0.3) is 23.3 Å². The zero-order chi connectivity index (χ0) is 29.8. The Hall–Kier alpha value is -4.56. The second-order valence-electron chi connectivity index (χ2n) is 13.5. The van der Waals surface area contributed by atoms with E-state index < -0.39 is 0 Å². The lowest BCUT2D eigenvalue weighted by atomic mass is 9.76. The summed E-state index contributed by atoms with van der Waals surface area (Å²) in [6, 6.07) is 41.5. The average Bonchev–Trinajstić information content (AvgIpc) is 3.71. The molecular weight excluding hydrogens is 544 g/mol. The van der Waals surface area contributed by atoms with Crippen molar-refractivity contribution < 1.29 is 0 Å². The molecule has 45 heavy (non-hydrogen) atoms. The third-order valence-corrected chi connectivity index (χ3v) is 11.0.